The molecular formula is C71H106N4O26. The van der Waals surface area contributed by atoms with Crippen molar-refractivity contribution in [2.45, 2.75) is 134 Å². The van der Waals surface area contributed by atoms with E-state index in [0.717, 1.165) is 22.9 Å². The van der Waals surface area contributed by atoms with Gasteiger partial charge in [0, 0.05) is 48.2 Å². The van der Waals surface area contributed by atoms with E-state index in [1.165, 1.54) is 34.8 Å². The van der Waals surface area contributed by atoms with Crippen LogP contribution in [-0.4, -0.2) is 194 Å². The molecule has 4 unspecified atom stereocenters. The first kappa shape index (κ1) is 93.4. The lowest BCUT2D eigenvalue weighted by atomic mass is 9.87. The number of nitrogens with one attached hydrogen (secondary N) is 4. The molecule has 0 fully saturated rings. The summed E-state index contributed by atoms with van der Waals surface area (Å²) in [5, 5.41) is 29.5. The van der Waals surface area contributed by atoms with E-state index in [0.29, 0.717) is 42.5 Å². The minimum atomic E-state index is -1.31. The maximum absolute atomic E-state index is 12.9. The van der Waals surface area contributed by atoms with Gasteiger partial charge in [0.05, 0.1) is 36.4 Å². The highest BCUT2D eigenvalue weighted by Crippen LogP contribution is 2.27. The molecule has 0 aliphatic rings. The zero-order valence-corrected chi connectivity index (χ0v) is 60.9. The quantitative estimate of drug-likeness (QED) is 0.0159. The largest absolute Gasteiger partial charge is 0.462 e. The summed E-state index contributed by atoms with van der Waals surface area (Å²) in [7, 11) is 1.41. The van der Waals surface area contributed by atoms with Crippen LogP contribution in [0, 0.1) is 22.2 Å². The molecule has 101 heavy (non-hydrogen) atoms. The molecule has 566 valence electrons. The molecule has 2 aromatic rings. The Bertz CT molecular complexity index is 3000. The fourth-order valence-corrected chi connectivity index (χ4v) is 6.59. The summed E-state index contributed by atoms with van der Waals surface area (Å²) in [5.41, 5.74) is 1.64. The molecule has 4 amide bonds. The van der Waals surface area contributed by atoms with Gasteiger partial charge in [-0.1, -0.05) is 85.2 Å². The Morgan fingerprint density at radius 2 is 0.871 bits per heavy atom. The van der Waals surface area contributed by atoms with Crippen molar-refractivity contribution in [1.82, 2.24) is 10.6 Å². The minimum Gasteiger partial charge on any atom is -0.462 e. The van der Waals surface area contributed by atoms with Crippen LogP contribution in [0.15, 0.2) is 97.6 Å². The van der Waals surface area contributed by atoms with Gasteiger partial charge in [0.1, 0.15) is 90.3 Å². The molecule has 0 aromatic heterocycles. The van der Waals surface area contributed by atoms with Crippen LogP contribution in [0.3, 0.4) is 0 Å². The van der Waals surface area contributed by atoms with Crippen LogP contribution in [0.25, 0.3) is 0 Å². The van der Waals surface area contributed by atoms with Crippen molar-refractivity contribution in [2.75, 3.05) is 110 Å². The highest BCUT2D eigenvalue weighted by atomic mass is 16.6. The average molecular weight is 1430 g/mol. The first-order valence-electron chi connectivity index (χ1n) is 32.4. The molecule has 0 aliphatic carbocycles. The van der Waals surface area contributed by atoms with Crippen molar-refractivity contribution in [3.05, 3.63) is 109 Å². The highest BCUT2D eigenvalue weighted by molar-refractivity contribution is 5.89. The number of rotatable bonds is 40. The third kappa shape index (κ3) is 43.5. The van der Waals surface area contributed by atoms with Gasteiger partial charge in [-0.05, 0) is 116 Å². The summed E-state index contributed by atoms with van der Waals surface area (Å²) in [4.78, 5) is 138. The normalized spacial score (nSPS) is 12.0. The maximum atomic E-state index is 12.9. The number of anilines is 2. The number of carbonyl (C=O) groups excluding carboxylic acids is 12. The fourth-order valence-electron chi connectivity index (χ4n) is 6.59. The van der Waals surface area contributed by atoms with E-state index in [9.17, 15) is 67.7 Å². The summed E-state index contributed by atoms with van der Waals surface area (Å²) >= 11 is 0. The summed E-state index contributed by atoms with van der Waals surface area (Å²) in [6.07, 6.45) is -0.462. The molecule has 0 saturated heterocycles. The number of carbonyl (C=O) groups is 12. The van der Waals surface area contributed by atoms with Crippen LogP contribution < -0.4 is 21.3 Å². The number of benzene rings is 2. The molecule has 0 heterocycles. The Morgan fingerprint density at radius 1 is 0.475 bits per heavy atom. The topological polar surface area (TPSA) is 404 Å². The molecule has 30 heteroatoms. The average Bonchev–Trinajstić information content (AvgIpc) is 0.843. The molecule has 6 N–H and O–H groups in total. The van der Waals surface area contributed by atoms with E-state index in [4.69, 9.17) is 52.1 Å². The molecule has 0 saturated carbocycles. The van der Waals surface area contributed by atoms with Gasteiger partial charge in [0.2, 0.25) is 5.91 Å². The van der Waals surface area contributed by atoms with Crippen molar-refractivity contribution in [3.63, 3.8) is 0 Å². The van der Waals surface area contributed by atoms with Gasteiger partial charge in [-0.15, -0.1) is 0 Å². The van der Waals surface area contributed by atoms with Gasteiger partial charge in [-0.3, -0.25) is 29.3 Å². The van der Waals surface area contributed by atoms with Crippen LogP contribution >= 0.6 is 0 Å². The summed E-state index contributed by atoms with van der Waals surface area (Å²) in [5.74, 6) is -4.36. The van der Waals surface area contributed by atoms with Gasteiger partial charge < -0.3 is 83.0 Å². The molecule has 4 atom stereocenters. The number of amides is 4. The Balaban J connectivity index is 0. The fraction of sp³-hybridized carbons (Fsp3) is 0.549. The first-order chi connectivity index (χ1) is 47.4. The van der Waals surface area contributed by atoms with E-state index < -0.39 is 83.2 Å². The monoisotopic (exact) mass is 1430 g/mol. The van der Waals surface area contributed by atoms with Gasteiger partial charge >= 0.3 is 66.0 Å². The van der Waals surface area contributed by atoms with Gasteiger partial charge in [0.15, 0.2) is 0 Å². The lowest BCUT2D eigenvalue weighted by Gasteiger charge is -2.29. The number of aliphatic hydroxyl groups excluding tert-OH is 2. The van der Waals surface area contributed by atoms with Gasteiger partial charge in [-0.2, -0.15) is 0 Å². The predicted octanol–water partition coefficient (Wildman–Crippen LogP) is 8.14. The molecule has 0 bridgehead atoms. The van der Waals surface area contributed by atoms with Crippen molar-refractivity contribution >= 4 is 83.3 Å². The summed E-state index contributed by atoms with van der Waals surface area (Å²) < 4.78 is 59.2. The molecule has 2 aromatic carbocycles. The number of esters is 8. The van der Waals surface area contributed by atoms with E-state index in [1.807, 2.05) is 57.2 Å². The van der Waals surface area contributed by atoms with Crippen molar-refractivity contribution in [2.24, 2.45) is 22.2 Å². The smallest absolute Gasteiger partial charge is 0.411 e. The standard InChI is InChI=1S/C30H38N2O9.C15H25NO6.C14H23NO6.C12H20O5/c1-6-30(18-38-5,28(36)40-17-26(34)16-39-27(35)20(2)3)19-41-29(37)32-25-13-9-23(10-14-25)15-22-7-11-24(12-8-22)31-21(4)33;1-6-15(4,5)13(18)21-9-10-22-14(19)16-7-8-20-12(17)11(2)3;1-5-11(4)13(17)20-8-9-21-14(18)15-6-7-19-12(16)10(2)3;1-5-10(14)16-7-9(13)8-17-11(15)12(3,4)6-2/h7-14,26,34H,2,6,15-19H2,1,3-5H3,(H,31,33)(H,32,37);2,6-10H2,1,3-5H3,(H,16,19);11H,2,5-9H2,1,3-4H3,(H,15,18);5,9,13H,1,6-8H2,2-4H3. The Morgan fingerprint density at radius 3 is 1.28 bits per heavy atom. The van der Waals surface area contributed by atoms with Gasteiger partial charge in [-0.25, -0.2) is 33.6 Å². The Hall–Kier alpha value is -9.68. The predicted molar refractivity (Wildman–Crippen MR) is 370 cm³/mol. The number of methoxy groups -OCH3 is 1. The van der Waals surface area contributed by atoms with Crippen LogP contribution in [0.5, 0.6) is 0 Å². The Kier molecular flexibility index (Phi) is 47.6. The lowest BCUT2D eigenvalue weighted by molar-refractivity contribution is -0.167. The van der Waals surface area contributed by atoms with E-state index in [-0.39, 0.29) is 127 Å². The van der Waals surface area contributed by atoms with E-state index in [2.05, 4.69) is 52.3 Å². The van der Waals surface area contributed by atoms with Crippen molar-refractivity contribution < 1.29 is 125 Å². The van der Waals surface area contributed by atoms with Crippen molar-refractivity contribution in [1.29, 1.82) is 0 Å². The SMILES string of the molecule is C=C(C)C(=O)OCC(O)COC(=O)C(CC)(COC)COC(=O)Nc1ccc(Cc2ccc(NC(C)=O)cc2)cc1.C=C(C)C(=O)OCCNC(=O)OCCOC(=O)C(C)(C)CC.C=C(C)C(=O)OCCNC(=O)OCCOC(=O)C(C)CC.C=CC(=O)OCC(O)COC(=O)C(C)(C)CC. The first-order valence-corrected chi connectivity index (χ1v) is 32.4. The molecule has 0 spiro atoms. The van der Waals surface area contributed by atoms with Crippen LogP contribution in [0.4, 0.5) is 25.8 Å². The van der Waals surface area contributed by atoms with Crippen LogP contribution in [-0.2, 0) is 106 Å². The second-order valence-electron chi connectivity index (χ2n) is 23.8. The molecular weight excluding hydrogens is 1320 g/mol. The Labute approximate surface area is 591 Å². The third-order valence-electron chi connectivity index (χ3n) is 14.0. The minimum absolute atomic E-state index is 0.000325. The number of aliphatic hydroxyl groups is 2. The number of alkyl carbamates (subject to hydrolysis) is 2. The maximum Gasteiger partial charge on any atom is 0.411 e. The molecule has 30 nitrogen and oxygen atoms in total. The van der Waals surface area contributed by atoms with E-state index in [1.54, 1.807) is 53.7 Å². The number of hydrogen-bond donors (Lipinski definition) is 6. The molecule has 0 radical (unpaired) electrons. The zero-order valence-electron chi connectivity index (χ0n) is 60.9. The van der Waals surface area contributed by atoms with Crippen LogP contribution in [0.2, 0.25) is 0 Å². The lowest BCUT2D eigenvalue weighted by Crippen LogP contribution is -2.43. The number of hydrogen-bond acceptors (Lipinski definition) is 26. The third-order valence-corrected chi connectivity index (χ3v) is 14.0. The summed E-state index contributed by atoms with van der Waals surface area (Å²) in [6.45, 7) is 34.4. The van der Waals surface area contributed by atoms with Gasteiger partial charge in [0.25, 0.3) is 0 Å². The molecule has 2 rings (SSSR count). The number of ether oxygens (including phenoxy) is 12. The van der Waals surface area contributed by atoms with Crippen LogP contribution in [0.1, 0.15) is 127 Å². The second-order valence-corrected chi connectivity index (χ2v) is 23.8. The summed E-state index contributed by atoms with van der Waals surface area (Å²) in [6, 6.07) is 14.7. The van der Waals surface area contributed by atoms with Crippen molar-refractivity contribution in [3.8, 4) is 0 Å². The highest BCUT2D eigenvalue weighted by Gasteiger charge is 2.41. The second kappa shape index (κ2) is 51.5. The van der Waals surface area contributed by atoms with E-state index >= 15 is 0 Å². The zero-order chi connectivity index (χ0) is 77.3. The molecule has 0 aliphatic heterocycles.